The van der Waals surface area contributed by atoms with Crippen LogP contribution in [0.5, 0.6) is 5.75 Å². The van der Waals surface area contributed by atoms with Crippen LogP contribution in [0.2, 0.25) is 0 Å². The zero-order valence-corrected chi connectivity index (χ0v) is 20.3. The summed E-state index contributed by atoms with van der Waals surface area (Å²) in [6.07, 6.45) is 1.41. The summed E-state index contributed by atoms with van der Waals surface area (Å²) in [6.45, 7) is 2.65. The Hall–Kier alpha value is -2.75. The van der Waals surface area contributed by atoms with Crippen molar-refractivity contribution in [2.75, 3.05) is 31.3 Å². The molecule has 7 nitrogen and oxygen atoms in total. The van der Waals surface area contributed by atoms with Gasteiger partial charge in [0.1, 0.15) is 5.75 Å². The number of piperidine rings is 1. The van der Waals surface area contributed by atoms with E-state index in [1.165, 1.54) is 11.3 Å². The molecule has 0 spiro atoms. The van der Waals surface area contributed by atoms with Gasteiger partial charge in [0.25, 0.3) is 5.91 Å². The lowest BCUT2D eigenvalue weighted by atomic mass is 9.95. The molecule has 33 heavy (non-hydrogen) atoms. The fraction of sp³-hybridized carbons (Fsp3) is 0.333. The van der Waals surface area contributed by atoms with E-state index < -0.39 is 10.0 Å². The van der Waals surface area contributed by atoms with Crippen LogP contribution in [0, 0.1) is 0 Å². The van der Waals surface area contributed by atoms with Crippen molar-refractivity contribution in [1.29, 1.82) is 0 Å². The lowest BCUT2D eigenvalue weighted by Gasteiger charge is -2.30. The highest BCUT2D eigenvalue weighted by Crippen LogP contribution is 2.33. The Morgan fingerprint density at radius 1 is 1.18 bits per heavy atom. The largest absolute Gasteiger partial charge is 0.497 e. The molecule has 0 radical (unpaired) electrons. The normalized spacial score (nSPS) is 15.3. The van der Waals surface area contributed by atoms with Gasteiger partial charge in [-0.1, -0.05) is 30.3 Å². The van der Waals surface area contributed by atoms with Crippen molar-refractivity contribution >= 4 is 33.0 Å². The van der Waals surface area contributed by atoms with Crippen LogP contribution in [-0.2, 0) is 10.0 Å². The Labute approximate surface area is 198 Å². The molecule has 1 aromatic heterocycles. The average molecular weight is 486 g/mol. The molecule has 0 bridgehead atoms. The molecular weight excluding hydrogens is 458 g/mol. The fourth-order valence-electron chi connectivity index (χ4n) is 3.99. The number of ether oxygens (including phenoxy) is 1. The van der Waals surface area contributed by atoms with Crippen molar-refractivity contribution in [3.63, 3.8) is 0 Å². The molecule has 4 rings (SSSR count). The first-order valence-electron chi connectivity index (χ1n) is 10.9. The van der Waals surface area contributed by atoms with E-state index in [1.54, 1.807) is 24.4 Å². The van der Waals surface area contributed by atoms with Crippen LogP contribution in [0.25, 0.3) is 11.1 Å². The van der Waals surface area contributed by atoms with E-state index in [1.807, 2.05) is 47.8 Å². The molecule has 2 aromatic carbocycles. The van der Waals surface area contributed by atoms with E-state index in [4.69, 9.17) is 4.74 Å². The van der Waals surface area contributed by atoms with E-state index >= 15 is 0 Å². The first-order chi connectivity index (χ1) is 15.9. The van der Waals surface area contributed by atoms with E-state index in [0.717, 1.165) is 16.8 Å². The van der Waals surface area contributed by atoms with E-state index in [0.29, 0.717) is 42.4 Å². The van der Waals surface area contributed by atoms with Crippen molar-refractivity contribution < 1.29 is 17.9 Å². The second-order valence-corrected chi connectivity index (χ2v) is 11.0. The average Bonchev–Trinajstić information content (AvgIpc) is 3.35. The van der Waals surface area contributed by atoms with Gasteiger partial charge in [-0.25, -0.2) is 17.7 Å². The number of thiazole rings is 1. The molecule has 1 saturated heterocycles. The van der Waals surface area contributed by atoms with Crippen molar-refractivity contribution in [3.05, 3.63) is 64.6 Å². The number of methoxy groups -OCH3 is 1. The quantitative estimate of drug-likeness (QED) is 0.528. The van der Waals surface area contributed by atoms with Gasteiger partial charge in [-0.15, -0.1) is 11.3 Å². The number of nitrogens with zero attached hydrogens (tertiary/aromatic N) is 2. The van der Waals surface area contributed by atoms with Crippen LogP contribution >= 0.6 is 11.3 Å². The minimum atomic E-state index is -3.16. The Bertz CT molecular complexity index is 1220. The number of carbonyl (C=O) groups is 1. The Balaban J connectivity index is 1.49. The van der Waals surface area contributed by atoms with Gasteiger partial charge < -0.3 is 10.1 Å². The lowest BCUT2D eigenvalue weighted by molar-refractivity contribution is 0.102. The Morgan fingerprint density at radius 2 is 1.91 bits per heavy atom. The number of hydrogen-bond donors (Lipinski definition) is 1. The van der Waals surface area contributed by atoms with Crippen LogP contribution in [0.3, 0.4) is 0 Å². The van der Waals surface area contributed by atoms with Gasteiger partial charge in [-0.05, 0) is 37.5 Å². The summed E-state index contributed by atoms with van der Waals surface area (Å²) in [4.78, 5) is 17.6. The fourth-order valence-corrected chi connectivity index (χ4v) is 5.92. The molecule has 174 valence electrons. The molecule has 1 aliphatic heterocycles. The smallest absolute Gasteiger partial charge is 0.284 e. The topological polar surface area (TPSA) is 88.6 Å². The predicted molar refractivity (Wildman–Crippen MR) is 132 cm³/mol. The molecule has 0 unspecified atom stereocenters. The summed E-state index contributed by atoms with van der Waals surface area (Å²) < 4.78 is 31.1. The number of benzene rings is 2. The zero-order valence-electron chi connectivity index (χ0n) is 18.7. The maximum absolute atomic E-state index is 13.0. The number of amides is 1. The third kappa shape index (κ3) is 5.26. The van der Waals surface area contributed by atoms with Crippen LogP contribution in [0.4, 0.5) is 5.69 Å². The van der Waals surface area contributed by atoms with Gasteiger partial charge in [0.15, 0.2) is 5.01 Å². The Kier molecular flexibility index (Phi) is 7.11. The van der Waals surface area contributed by atoms with Crippen LogP contribution < -0.4 is 10.1 Å². The van der Waals surface area contributed by atoms with Gasteiger partial charge in [-0.3, -0.25) is 4.79 Å². The third-order valence-electron chi connectivity index (χ3n) is 5.91. The first kappa shape index (κ1) is 23.4. The van der Waals surface area contributed by atoms with Gasteiger partial charge in [-0.2, -0.15) is 0 Å². The highest BCUT2D eigenvalue weighted by atomic mass is 32.2. The van der Waals surface area contributed by atoms with E-state index in [-0.39, 0.29) is 17.6 Å². The van der Waals surface area contributed by atoms with Gasteiger partial charge in [0.2, 0.25) is 10.0 Å². The first-order valence-corrected chi connectivity index (χ1v) is 13.4. The number of anilines is 1. The summed E-state index contributed by atoms with van der Waals surface area (Å²) in [5.41, 5.74) is 3.39. The summed E-state index contributed by atoms with van der Waals surface area (Å²) >= 11 is 1.31. The third-order valence-corrected chi connectivity index (χ3v) is 8.65. The van der Waals surface area contributed by atoms with Crippen molar-refractivity contribution in [2.24, 2.45) is 0 Å². The number of rotatable bonds is 7. The molecule has 1 amide bonds. The lowest BCUT2D eigenvalue weighted by Crippen LogP contribution is -2.38. The molecule has 9 heteroatoms. The van der Waals surface area contributed by atoms with Gasteiger partial charge in [0.05, 0.1) is 24.2 Å². The number of hydrogen-bond acceptors (Lipinski definition) is 6. The minimum Gasteiger partial charge on any atom is -0.497 e. The second-order valence-electron chi connectivity index (χ2n) is 7.88. The molecule has 2 heterocycles. The minimum absolute atomic E-state index is 0.119. The molecule has 0 aliphatic carbocycles. The van der Waals surface area contributed by atoms with Crippen LogP contribution in [0.15, 0.2) is 53.9 Å². The summed E-state index contributed by atoms with van der Waals surface area (Å²) in [7, 11) is -1.57. The van der Waals surface area contributed by atoms with Crippen molar-refractivity contribution in [2.45, 2.75) is 25.7 Å². The SMILES string of the molecule is CCS(=O)(=O)N1CCC(c2csc(C(=O)Nc3cc(OC)ccc3-c3ccccc3)n2)CC1. The number of aromatic nitrogens is 1. The summed E-state index contributed by atoms with van der Waals surface area (Å²) in [6, 6.07) is 15.4. The van der Waals surface area contributed by atoms with E-state index in [2.05, 4.69) is 10.3 Å². The van der Waals surface area contributed by atoms with Crippen molar-refractivity contribution in [1.82, 2.24) is 9.29 Å². The zero-order chi connectivity index (χ0) is 23.4. The van der Waals surface area contributed by atoms with Gasteiger partial charge in [0, 0.05) is 36.0 Å². The highest BCUT2D eigenvalue weighted by molar-refractivity contribution is 7.89. The predicted octanol–water partition coefficient (Wildman–Crippen LogP) is 4.60. The molecule has 3 aromatic rings. The van der Waals surface area contributed by atoms with E-state index in [9.17, 15) is 13.2 Å². The summed E-state index contributed by atoms with van der Waals surface area (Å²) in [5, 5.41) is 5.29. The van der Waals surface area contributed by atoms with Gasteiger partial charge >= 0.3 is 0 Å². The molecule has 1 aliphatic rings. The number of nitrogens with one attached hydrogen (secondary N) is 1. The summed E-state index contributed by atoms with van der Waals surface area (Å²) in [5.74, 6) is 0.651. The molecule has 0 atom stereocenters. The molecule has 0 saturated carbocycles. The van der Waals surface area contributed by atoms with Crippen molar-refractivity contribution in [3.8, 4) is 16.9 Å². The molecular formula is C24H27N3O4S2. The maximum Gasteiger partial charge on any atom is 0.284 e. The van der Waals surface area contributed by atoms with Crippen LogP contribution in [0.1, 0.15) is 41.2 Å². The number of sulfonamides is 1. The molecule has 1 fully saturated rings. The maximum atomic E-state index is 13.0. The number of carbonyl (C=O) groups excluding carboxylic acids is 1. The highest BCUT2D eigenvalue weighted by Gasteiger charge is 2.29. The van der Waals surface area contributed by atoms with Crippen LogP contribution in [-0.4, -0.2) is 49.6 Å². The Morgan fingerprint density at radius 3 is 2.58 bits per heavy atom. The monoisotopic (exact) mass is 485 g/mol. The standard InChI is InChI=1S/C24H27N3O4S2/c1-3-33(29,30)27-13-11-18(12-14-27)22-16-32-24(26-22)23(28)25-21-15-19(31-2)9-10-20(21)17-7-5-4-6-8-17/h4-10,15-16,18H,3,11-14H2,1-2H3,(H,25,28). The second kappa shape index (κ2) is 10.0. The molecule has 1 N–H and O–H groups in total.